The highest BCUT2D eigenvalue weighted by molar-refractivity contribution is 7.18. The van der Waals surface area contributed by atoms with Gasteiger partial charge in [0.25, 0.3) is 0 Å². The van der Waals surface area contributed by atoms with Crippen LogP contribution >= 0.6 is 22.9 Å². The quantitative estimate of drug-likeness (QED) is 0.670. The average molecular weight is 363 g/mol. The van der Waals surface area contributed by atoms with Crippen LogP contribution in [0.25, 0.3) is 21.5 Å². The van der Waals surface area contributed by atoms with Crippen LogP contribution in [0.4, 0.5) is 0 Å². The number of phenols is 1. The van der Waals surface area contributed by atoms with E-state index in [0.29, 0.717) is 32.1 Å². The Morgan fingerprint density at radius 3 is 2.75 bits per heavy atom. The van der Waals surface area contributed by atoms with E-state index in [1.54, 1.807) is 17.5 Å². The number of hydrogen-bond donors (Lipinski definition) is 1. The molecule has 3 rings (SSSR count). The van der Waals surface area contributed by atoms with Crippen LogP contribution in [0, 0.1) is 0 Å². The summed E-state index contributed by atoms with van der Waals surface area (Å²) >= 11 is 7.35. The minimum atomic E-state index is -0.591. The van der Waals surface area contributed by atoms with Crippen molar-refractivity contribution < 1.29 is 14.6 Å². The highest BCUT2D eigenvalue weighted by Crippen LogP contribution is 2.37. The first-order chi connectivity index (χ1) is 11.3. The standard InChI is InChI=1S/C17H15ClN2O3S/c1-17(2,3)23-16(22)11-7-24-15-13(19-8-20-14(11)15)10-6-9(18)4-5-12(10)21/h4-8,21H,1-3H3. The molecule has 0 spiro atoms. The van der Waals surface area contributed by atoms with Crippen LogP contribution < -0.4 is 0 Å². The highest BCUT2D eigenvalue weighted by Gasteiger charge is 2.23. The number of benzene rings is 1. The van der Waals surface area contributed by atoms with E-state index in [1.165, 1.54) is 23.7 Å². The van der Waals surface area contributed by atoms with Crippen LogP contribution in [0.3, 0.4) is 0 Å². The van der Waals surface area contributed by atoms with Gasteiger partial charge in [-0.2, -0.15) is 0 Å². The van der Waals surface area contributed by atoms with Gasteiger partial charge in [0, 0.05) is 16.0 Å². The first-order valence-electron chi connectivity index (χ1n) is 7.21. The van der Waals surface area contributed by atoms with E-state index in [0.717, 1.165) is 0 Å². The number of ether oxygens (including phenoxy) is 1. The maximum Gasteiger partial charge on any atom is 0.341 e. The molecule has 0 aliphatic heterocycles. The summed E-state index contributed by atoms with van der Waals surface area (Å²) in [4.78, 5) is 20.8. The zero-order chi connectivity index (χ0) is 17.5. The van der Waals surface area contributed by atoms with E-state index in [4.69, 9.17) is 16.3 Å². The van der Waals surface area contributed by atoms with Gasteiger partial charge in [-0.3, -0.25) is 0 Å². The van der Waals surface area contributed by atoms with Crippen molar-refractivity contribution in [3.05, 3.63) is 40.5 Å². The minimum absolute atomic E-state index is 0.0617. The van der Waals surface area contributed by atoms with Gasteiger partial charge in [0.1, 0.15) is 17.7 Å². The van der Waals surface area contributed by atoms with Gasteiger partial charge >= 0.3 is 5.97 Å². The second-order valence-electron chi connectivity index (χ2n) is 6.21. The Kier molecular flexibility index (Phi) is 4.19. The first-order valence-corrected chi connectivity index (χ1v) is 8.46. The molecule has 0 unspecified atom stereocenters. The Hall–Kier alpha value is -2.18. The monoisotopic (exact) mass is 362 g/mol. The van der Waals surface area contributed by atoms with Gasteiger partial charge in [-0.15, -0.1) is 11.3 Å². The summed E-state index contributed by atoms with van der Waals surface area (Å²) in [5, 5.41) is 12.3. The van der Waals surface area contributed by atoms with E-state index in [9.17, 15) is 9.90 Å². The van der Waals surface area contributed by atoms with Crippen molar-refractivity contribution in [2.45, 2.75) is 26.4 Å². The van der Waals surface area contributed by atoms with Gasteiger partial charge in [-0.25, -0.2) is 14.8 Å². The molecule has 0 radical (unpaired) electrons. The fourth-order valence-corrected chi connectivity index (χ4v) is 3.38. The normalized spacial score (nSPS) is 11.7. The number of thiophene rings is 1. The highest BCUT2D eigenvalue weighted by atomic mass is 35.5. The maximum absolute atomic E-state index is 12.4. The maximum atomic E-state index is 12.4. The first kappa shape index (κ1) is 16.7. The fourth-order valence-electron chi connectivity index (χ4n) is 2.22. The lowest BCUT2D eigenvalue weighted by Crippen LogP contribution is -2.23. The number of aromatic hydroxyl groups is 1. The van der Waals surface area contributed by atoms with Crippen LogP contribution in [0.5, 0.6) is 5.75 Å². The topological polar surface area (TPSA) is 72.3 Å². The minimum Gasteiger partial charge on any atom is -0.507 e. The number of hydrogen-bond acceptors (Lipinski definition) is 6. The molecule has 0 atom stereocenters. The van der Waals surface area contributed by atoms with Crippen LogP contribution in [-0.2, 0) is 4.74 Å². The third-order valence-corrected chi connectivity index (χ3v) is 4.40. The van der Waals surface area contributed by atoms with Crippen LogP contribution in [-0.4, -0.2) is 26.6 Å². The summed E-state index contributed by atoms with van der Waals surface area (Å²) in [5.74, 6) is -0.375. The number of carbonyl (C=O) groups is 1. The number of halogens is 1. The van der Waals surface area contributed by atoms with Crippen molar-refractivity contribution in [1.82, 2.24) is 9.97 Å². The van der Waals surface area contributed by atoms with Gasteiger partial charge in [0.05, 0.1) is 21.5 Å². The molecular formula is C17H15ClN2O3S. The van der Waals surface area contributed by atoms with Crippen molar-refractivity contribution in [2.24, 2.45) is 0 Å². The average Bonchev–Trinajstić information content (AvgIpc) is 2.92. The SMILES string of the molecule is CC(C)(C)OC(=O)c1csc2c(-c3cc(Cl)ccc3O)ncnc12. The van der Waals surface area contributed by atoms with E-state index < -0.39 is 11.6 Å². The number of nitrogens with zero attached hydrogens (tertiary/aromatic N) is 2. The Labute approximate surface area is 147 Å². The second kappa shape index (κ2) is 6.03. The number of aromatic nitrogens is 2. The third-order valence-electron chi connectivity index (χ3n) is 3.19. The smallest absolute Gasteiger partial charge is 0.341 e. The number of esters is 1. The predicted molar refractivity (Wildman–Crippen MR) is 94.7 cm³/mol. The van der Waals surface area contributed by atoms with Crippen molar-refractivity contribution in [1.29, 1.82) is 0 Å². The zero-order valence-corrected chi connectivity index (χ0v) is 14.9. The van der Waals surface area contributed by atoms with E-state index >= 15 is 0 Å². The molecule has 124 valence electrons. The Morgan fingerprint density at radius 1 is 1.29 bits per heavy atom. The number of carbonyl (C=O) groups excluding carboxylic acids is 1. The molecule has 0 amide bonds. The van der Waals surface area contributed by atoms with Gasteiger partial charge in [-0.05, 0) is 39.0 Å². The van der Waals surface area contributed by atoms with E-state index in [2.05, 4.69) is 9.97 Å². The summed E-state index contributed by atoms with van der Waals surface area (Å²) < 4.78 is 6.11. The van der Waals surface area contributed by atoms with Crippen molar-refractivity contribution in [3.63, 3.8) is 0 Å². The van der Waals surface area contributed by atoms with E-state index in [-0.39, 0.29) is 5.75 Å². The van der Waals surface area contributed by atoms with Crippen molar-refractivity contribution in [3.8, 4) is 17.0 Å². The molecule has 2 heterocycles. The Morgan fingerprint density at radius 2 is 2.04 bits per heavy atom. The zero-order valence-electron chi connectivity index (χ0n) is 13.3. The van der Waals surface area contributed by atoms with Crippen molar-refractivity contribution in [2.75, 3.05) is 0 Å². The lowest BCUT2D eigenvalue weighted by Gasteiger charge is -2.19. The molecule has 7 heteroatoms. The summed E-state index contributed by atoms with van der Waals surface area (Å²) in [6.07, 6.45) is 1.36. The lowest BCUT2D eigenvalue weighted by atomic mass is 10.1. The predicted octanol–water partition coefficient (Wildman–Crippen LogP) is 4.67. The molecule has 0 fully saturated rings. The van der Waals surface area contributed by atoms with Crippen molar-refractivity contribution >= 4 is 39.1 Å². The summed E-state index contributed by atoms with van der Waals surface area (Å²) in [6, 6.07) is 4.73. The van der Waals surface area contributed by atoms with Gasteiger partial charge < -0.3 is 9.84 Å². The van der Waals surface area contributed by atoms with Gasteiger partial charge in [0.2, 0.25) is 0 Å². The molecule has 0 bridgehead atoms. The number of fused-ring (bicyclic) bond motifs is 1. The molecule has 0 saturated carbocycles. The van der Waals surface area contributed by atoms with E-state index in [1.807, 2.05) is 20.8 Å². The molecule has 1 aromatic carbocycles. The second-order valence-corrected chi connectivity index (χ2v) is 7.53. The largest absolute Gasteiger partial charge is 0.507 e. The number of phenolic OH excluding ortho intramolecular Hbond substituents is 1. The van der Waals surface area contributed by atoms with Gasteiger partial charge in [-0.1, -0.05) is 11.6 Å². The molecule has 0 aliphatic carbocycles. The number of rotatable bonds is 2. The third kappa shape index (κ3) is 3.20. The molecule has 1 N–H and O–H groups in total. The molecule has 0 aliphatic rings. The molecule has 3 aromatic rings. The molecule has 2 aromatic heterocycles. The summed E-state index contributed by atoms with van der Waals surface area (Å²) in [5.41, 5.74) is 1.31. The fraction of sp³-hybridized carbons (Fsp3) is 0.235. The molecule has 5 nitrogen and oxygen atoms in total. The Balaban J connectivity index is 2.14. The molecular weight excluding hydrogens is 348 g/mol. The van der Waals surface area contributed by atoms with Crippen LogP contribution in [0.15, 0.2) is 29.9 Å². The molecule has 0 saturated heterocycles. The van der Waals surface area contributed by atoms with Crippen LogP contribution in [0.2, 0.25) is 5.02 Å². The Bertz CT molecular complexity index is 931. The molecule has 24 heavy (non-hydrogen) atoms. The van der Waals surface area contributed by atoms with Crippen LogP contribution in [0.1, 0.15) is 31.1 Å². The summed E-state index contributed by atoms with van der Waals surface area (Å²) in [6.45, 7) is 5.43. The lowest BCUT2D eigenvalue weighted by molar-refractivity contribution is 0.00721. The van der Waals surface area contributed by atoms with Gasteiger partial charge in [0.15, 0.2) is 0 Å². The summed E-state index contributed by atoms with van der Waals surface area (Å²) in [7, 11) is 0.